The van der Waals surface area contributed by atoms with Crippen LogP contribution in [0.15, 0.2) is 48.5 Å². The molecule has 32 heavy (non-hydrogen) atoms. The number of amides is 2. The zero-order valence-electron chi connectivity index (χ0n) is 18.4. The Hall–Kier alpha value is -2.58. The van der Waals surface area contributed by atoms with Gasteiger partial charge in [0.25, 0.3) is 0 Å². The number of thioether (sulfide) groups is 1. The zero-order chi connectivity index (χ0) is 23.0. The maximum atomic E-state index is 13.0. The van der Waals surface area contributed by atoms with Crippen LogP contribution >= 0.6 is 11.8 Å². The van der Waals surface area contributed by atoms with Crippen molar-refractivity contribution in [3.8, 4) is 5.75 Å². The van der Waals surface area contributed by atoms with Crippen molar-refractivity contribution >= 4 is 29.3 Å². The summed E-state index contributed by atoms with van der Waals surface area (Å²) in [4.78, 5) is 24.8. The van der Waals surface area contributed by atoms with Crippen molar-refractivity contribution in [3.63, 3.8) is 0 Å². The van der Waals surface area contributed by atoms with E-state index in [2.05, 4.69) is 10.6 Å². The molecule has 1 saturated heterocycles. The Morgan fingerprint density at radius 3 is 2.41 bits per heavy atom. The molecule has 0 aromatic heterocycles. The topological polar surface area (TPSA) is 76.7 Å². The second-order valence-electron chi connectivity index (χ2n) is 7.85. The highest BCUT2D eigenvalue weighted by atomic mass is 32.2. The maximum Gasteiger partial charge on any atom is 0.234 e. The monoisotopic (exact) mass is 460 g/mol. The molecule has 172 valence electrons. The number of methoxy groups -OCH3 is 1. The zero-order valence-corrected chi connectivity index (χ0v) is 19.2. The predicted molar refractivity (Wildman–Crippen MR) is 125 cm³/mol. The minimum atomic E-state index is -0.387. The van der Waals surface area contributed by atoms with E-state index in [1.54, 1.807) is 14.0 Å². The molecule has 3 rings (SSSR count). The molecule has 1 atom stereocenters. The van der Waals surface area contributed by atoms with Gasteiger partial charge in [0.05, 0.1) is 18.1 Å². The molecule has 1 aliphatic heterocycles. The van der Waals surface area contributed by atoms with E-state index in [1.165, 1.54) is 36.0 Å². The molecule has 8 heteroatoms. The van der Waals surface area contributed by atoms with Crippen molar-refractivity contribution in [3.05, 3.63) is 59.9 Å². The van der Waals surface area contributed by atoms with E-state index in [0.29, 0.717) is 25.4 Å². The molecule has 2 aromatic carbocycles. The molecule has 0 radical (unpaired) electrons. The molecule has 6 nitrogen and oxygen atoms in total. The Kier molecular flexibility index (Phi) is 8.53. The van der Waals surface area contributed by atoms with Gasteiger partial charge in [-0.15, -0.1) is 11.8 Å². The van der Waals surface area contributed by atoms with Crippen molar-refractivity contribution < 1.29 is 23.5 Å². The molecule has 0 bridgehead atoms. The van der Waals surface area contributed by atoms with Gasteiger partial charge in [0, 0.05) is 30.9 Å². The van der Waals surface area contributed by atoms with E-state index in [-0.39, 0.29) is 34.0 Å². The third-order valence-electron chi connectivity index (χ3n) is 5.71. The highest BCUT2D eigenvalue weighted by Crippen LogP contribution is 2.35. The summed E-state index contributed by atoms with van der Waals surface area (Å²) in [5.74, 6) is 0.219. The normalized spacial score (nSPS) is 16.1. The summed E-state index contributed by atoms with van der Waals surface area (Å²) in [6.45, 7) is 3.59. The molecule has 0 spiro atoms. The largest absolute Gasteiger partial charge is 0.497 e. The number of ether oxygens (including phenoxy) is 2. The fourth-order valence-corrected chi connectivity index (χ4v) is 4.39. The lowest BCUT2D eigenvalue weighted by atomic mass is 9.74. The first kappa shape index (κ1) is 24.1. The van der Waals surface area contributed by atoms with Crippen LogP contribution < -0.4 is 15.4 Å². The second kappa shape index (κ2) is 11.3. The summed E-state index contributed by atoms with van der Waals surface area (Å²) in [5.41, 5.74) is 1.49. The molecule has 1 heterocycles. The van der Waals surface area contributed by atoms with E-state index in [1.807, 2.05) is 24.3 Å². The van der Waals surface area contributed by atoms with E-state index in [0.717, 1.165) is 24.2 Å². The van der Waals surface area contributed by atoms with Gasteiger partial charge < -0.3 is 20.1 Å². The molecule has 1 unspecified atom stereocenters. The van der Waals surface area contributed by atoms with Crippen molar-refractivity contribution in [1.29, 1.82) is 0 Å². The van der Waals surface area contributed by atoms with Crippen LogP contribution in [0.2, 0.25) is 0 Å². The first-order chi connectivity index (χ1) is 15.4. The van der Waals surface area contributed by atoms with Crippen molar-refractivity contribution in [2.45, 2.75) is 30.4 Å². The second-order valence-corrected chi connectivity index (χ2v) is 9.18. The lowest BCUT2D eigenvalue weighted by Gasteiger charge is -2.38. The number of nitrogens with one attached hydrogen (secondary N) is 2. The number of hydrogen-bond donors (Lipinski definition) is 2. The third-order valence-corrected chi connectivity index (χ3v) is 6.86. The highest BCUT2D eigenvalue weighted by molar-refractivity contribution is 8.01. The smallest absolute Gasteiger partial charge is 0.234 e. The molecule has 0 saturated carbocycles. The Labute approximate surface area is 192 Å². The van der Waals surface area contributed by atoms with E-state index in [9.17, 15) is 14.0 Å². The van der Waals surface area contributed by atoms with Gasteiger partial charge in [-0.1, -0.05) is 12.1 Å². The molecular weight excluding hydrogens is 431 g/mol. The van der Waals surface area contributed by atoms with Crippen LogP contribution in [0.4, 0.5) is 10.1 Å². The van der Waals surface area contributed by atoms with Gasteiger partial charge in [0.15, 0.2) is 0 Å². The average molecular weight is 461 g/mol. The van der Waals surface area contributed by atoms with Gasteiger partial charge in [0.2, 0.25) is 11.8 Å². The Morgan fingerprint density at radius 2 is 1.78 bits per heavy atom. The Bertz CT molecular complexity index is 899. The number of carbonyl (C=O) groups excluding carboxylic acids is 2. The highest BCUT2D eigenvalue weighted by Gasteiger charge is 2.35. The lowest BCUT2D eigenvalue weighted by Crippen LogP contribution is -2.46. The van der Waals surface area contributed by atoms with Crippen LogP contribution in [-0.2, 0) is 19.7 Å². The molecular formula is C24H29FN2O4S. The van der Waals surface area contributed by atoms with Gasteiger partial charge in [-0.3, -0.25) is 9.59 Å². The number of halogens is 1. The number of carbonyl (C=O) groups is 2. The van der Waals surface area contributed by atoms with Crippen LogP contribution in [0.5, 0.6) is 5.75 Å². The Balaban J connectivity index is 1.52. The standard InChI is InChI=1S/C24H29FN2O4S/c1-17(32-15-22(28)27-20-7-5-19(25)6-8-20)23(29)26-16-24(11-13-31-14-12-24)18-3-9-21(30-2)10-4-18/h3-10,17H,11-16H2,1-2H3,(H,26,29)(H,27,28). The van der Waals surface area contributed by atoms with E-state index < -0.39 is 0 Å². The number of hydrogen-bond acceptors (Lipinski definition) is 5. The number of rotatable bonds is 9. The van der Waals surface area contributed by atoms with Crippen molar-refractivity contribution in [2.75, 3.05) is 37.9 Å². The summed E-state index contributed by atoms with van der Waals surface area (Å²) in [6.07, 6.45) is 1.64. The van der Waals surface area contributed by atoms with Crippen molar-refractivity contribution in [1.82, 2.24) is 5.32 Å². The van der Waals surface area contributed by atoms with E-state index >= 15 is 0 Å². The molecule has 2 N–H and O–H groups in total. The lowest BCUT2D eigenvalue weighted by molar-refractivity contribution is -0.120. The summed E-state index contributed by atoms with van der Waals surface area (Å²) in [5, 5.41) is 5.39. The molecule has 1 aliphatic rings. The van der Waals surface area contributed by atoms with Gasteiger partial charge >= 0.3 is 0 Å². The SMILES string of the molecule is COc1ccc(C2(CNC(=O)C(C)SCC(=O)Nc3ccc(F)cc3)CCOCC2)cc1. The fraction of sp³-hybridized carbons (Fsp3) is 0.417. The minimum absolute atomic E-state index is 0.107. The van der Waals surface area contributed by atoms with Crippen LogP contribution in [0.3, 0.4) is 0 Å². The summed E-state index contributed by atoms with van der Waals surface area (Å²) < 4.78 is 23.8. The fourth-order valence-electron chi connectivity index (χ4n) is 3.68. The quantitative estimate of drug-likeness (QED) is 0.596. The van der Waals surface area contributed by atoms with Crippen LogP contribution in [0.25, 0.3) is 0 Å². The molecule has 1 fully saturated rings. The number of benzene rings is 2. The first-order valence-corrected chi connectivity index (χ1v) is 11.6. The Morgan fingerprint density at radius 1 is 1.12 bits per heavy atom. The predicted octanol–water partition coefficient (Wildman–Crippen LogP) is 3.76. The molecule has 2 amide bonds. The molecule has 0 aliphatic carbocycles. The summed E-state index contributed by atoms with van der Waals surface area (Å²) in [6, 6.07) is 13.5. The maximum absolute atomic E-state index is 13.0. The summed E-state index contributed by atoms with van der Waals surface area (Å²) in [7, 11) is 1.64. The summed E-state index contributed by atoms with van der Waals surface area (Å²) >= 11 is 1.26. The number of anilines is 1. The van der Waals surface area contributed by atoms with Gasteiger partial charge in [-0.25, -0.2) is 4.39 Å². The van der Waals surface area contributed by atoms with Crippen LogP contribution in [-0.4, -0.2) is 49.7 Å². The van der Waals surface area contributed by atoms with Crippen LogP contribution in [0, 0.1) is 5.82 Å². The minimum Gasteiger partial charge on any atom is -0.497 e. The average Bonchev–Trinajstić information content (AvgIpc) is 2.83. The van der Waals surface area contributed by atoms with Gasteiger partial charge in [-0.05, 0) is 61.7 Å². The van der Waals surface area contributed by atoms with E-state index in [4.69, 9.17) is 9.47 Å². The van der Waals surface area contributed by atoms with Crippen molar-refractivity contribution in [2.24, 2.45) is 0 Å². The first-order valence-electron chi connectivity index (χ1n) is 10.6. The van der Waals surface area contributed by atoms with Gasteiger partial charge in [-0.2, -0.15) is 0 Å². The third kappa shape index (κ3) is 6.46. The van der Waals surface area contributed by atoms with Crippen LogP contribution in [0.1, 0.15) is 25.3 Å². The molecule has 2 aromatic rings. The van der Waals surface area contributed by atoms with Gasteiger partial charge in [0.1, 0.15) is 11.6 Å².